The number of nitrogens with one attached hydrogen (secondary N) is 2. The number of hydrogen-bond donors (Lipinski definition) is 2. The van der Waals surface area contributed by atoms with E-state index >= 15 is 0 Å². The highest BCUT2D eigenvalue weighted by atomic mass is 16.2. The summed E-state index contributed by atoms with van der Waals surface area (Å²) in [7, 11) is 1.82. The van der Waals surface area contributed by atoms with E-state index in [4.69, 9.17) is 0 Å². The Balaban J connectivity index is 1.39. The van der Waals surface area contributed by atoms with Crippen molar-refractivity contribution in [1.82, 2.24) is 15.1 Å². The zero-order valence-electron chi connectivity index (χ0n) is 16.0. The van der Waals surface area contributed by atoms with Gasteiger partial charge in [0.25, 0.3) is 0 Å². The van der Waals surface area contributed by atoms with Gasteiger partial charge in [-0.1, -0.05) is 78.9 Å². The minimum absolute atomic E-state index is 0.177. The molecule has 0 atom stereocenters. The van der Waals surface area contributed by atoms with Gasteiger partial charge in [0.05, 0.1) is 11.7 Å². The van der Waals surface area contributed by atoms with E-state index < -0.39 is 0 Å². The fraction of sp³-hybridized carbons (Fsp3) is 0.0833. The molecule has 3 aromatic carbocycles. The SMILES string of the molecule is Cn1nc(-c2ccccc2)cc1NC(=O)NC1c2ccccc2-c2ccccc21. The molecule has 1 aliphatic rings. The number of carbonyl (C=O) groups excluding carboxylic acids is 1. The molecule has 2 amide bonds. The molecule has 1 aliphatic carbocycles. The number of benzene rings is 3. The quantitative estimate of drug-likeness (QED) is 0.527. The molecule has 0 saturated carbocycles. The van der Waals surface area contributed by atoms with Crippen molar-refractivity contribution in [2.45, 2.75) is 6.04 Å². The summed E-state index contributed by atoms with van der Waals surface area (Å²) in [5, 5.41) is 10.6. The second-order valence-corrected chi connectivity index (χ2v) is 7.11. The summed E-state index contributed by atoms with van der Waals surface area (Å²) in [6.45, 7) is 0. The number of anilines is 1. The zero-order chi connectivity index (χ0) is 19.8. The predicted octanol–water partition coefficient (Wildman–Crippen LogP) is 4.98. The Kier molecular flexibility index (Phi) is 4.13. The molecule has 0 fully saturated rings. The summed E-state index contributed by atoms with van der Waals surface area (Å²) in [5.74, 6) is 0.640. The van der Waals surface area contributed by atoms with Gasteiger partial charge in [0.2, 0.25) is 0 Å². The molecule has 0 spiro atoms. The van der Waals surface area contributed by atoms with Crippen molar-refractivity contribution in [3.63, 3.8) is 0 Å². The van der Waals surface area contributed by atoms with Gasteiger partial charge in [-0.25, -0.2) is 4.79 Å². The molecule has 1 heterocycles. The van der Waals surface area contributed by atoms with Crippen molar-refractivity contribution in [3.8, 4) is 22.4 Å². The van der Waals surface area contributed by atoms with Gasteiger partial charge in [-0.2, -0.15) is 5.10 Å². The molecule has 142 valence electrons. The molecule has 4 aromatic rings. The first-order valence-electron chi connectivity index (χ1n) is 9.56. The smallest absolute Gasteiger partial charge is 0.321 e. The van der Waals surface area contributed by atoms with Crippen LogP contribution in [0.4, 0.5) is 10.6 Å². The average molecular weight is 380 g/mol. The Morgan fingerprint density at radius 3 is 2.10 bits per heavy atom. The van der Waals surface area contributed by atoms with Crippen molar-refractivity contribution in [1.29, 1.82) is 0 Å². The maximum Gasteiger partial charge on any atom is 0.321 e. The van der Waals surface area contributed by atoms with Crippen LogP contribution in [0.2, 0.25) is 0 Å². The second-order valence-electron chi connectivity index (χ2n) is 7.11. The number of urea groups is 1. The van der Waals surface area contributed by atoms with Crippen molar-refractivity contribution < 1.29 is 4.79 Å². The first kappa shape index (κ1) is 17.3. The van der Waals surface area contributed by atoms with E-state index in [2.05, 4.69) is 40.0 Å². The summed E-state index contributed by atoms with van der Waals surface area (Å²) in [6, 6.07) is 27.7. The molecule has 0 aliphatic heterocycles. The topological polar surface area (TPSA) is 59.0 Å². The molecule has 0 bridgehead atoms. The van der Waals surface area contributed by atoms with E-state index in [1.807, 2.05) is 67.7 Å². The van der Waals surface area contributed by atoms with E-state index in [0.29, 0.717) is 5.82 Å². The van der Waals surface area contributed by atoms with Gasteiger partial charge in [0.15, 0.2) is 0 Å². The van der Waals surface area contributed by atoms with Crippen LogP contribution in [0.3, 0.4) is 0 Å². The van der Waals surface area contributed by atoms with E-state index in [9.17, 15) is 4.79 Å². The molecular weight excluding hydrogens is 360 g/mol. The van der Waals surface area contributed by atoms with E-state index in [1.165, 1.54) is 11.1 Å². The van der Waals surface area contributed by atoms with Crippen molar-refractivity contribution in [2.24, 2.45) is 7.05 Å². The van der Waals surface area contributed by atoms with Crippen LogP contribution in [-0.4, -0.2) is 15.8 Å². The lowest BCUT2D eigenvalue weighted by Crippen LogP contribution is -2.32. The summed E-state index contributed by atoms with van der Waals surface area (Å²) in [4.78, 5) is 12.8. The van der Waals surface area contributed by atoms with Gasteiger partial charge in [-0.3, -0.25) is 10.00 Å². The van der Waals surface area contributed by atoms with Crippen molar-refractivity contribution in [2.75, 3.05) is 5.32 Å². The maximum absolute atomic E-state index is 12.8. The lowest BCUT2D eigenvalue weighted by Gasteiger charge is -2.16. The number of hydrogen-bond acceptors (Lipinski definition) is 2. The van der Waals surface area contributed by atoms with Gasteiger partial charge in [-0.15, -0.1) is 0 Å². The van der Waals surface area contributed by atoms with E-state index in [-0.39, 0.29) is 12.1 Å². The Hall–Kier alpha value is -3.86. The summed E-state index contributed by atoms with van der Waals surface area (Å²) >= 11 is 0. The third-order valence-corrected chi connectivity index (χ3v) is 5.30. The molecular formula is C24H20N4O. The summed E-state index contributed by atoms with van der Waals surface area (Å²) < 4.78 is 1.68. The van der Waals surface area contributed by atoms with Gasteiger partial charge >= 0.3 is 6.03 Å². The molecule has 2 N–H and O–H groups in total. The van der Waals surface area contributed by atoms with Crippen molar-refractivity contribution in [3.05, 3.63) is 96.1 Å². The van der Waals surface area contributed by atoms with E-state index in [1.54, 1.807) is 4.68 Å². The zero-order valence-corrected chi connectivity index (χ0v) is 16.0. The van der Waals surface area contributed by atoms with E-state index in [0.717, 1.165) is 22.4 Å². The third kappa shape index (κ3) is 3.06. The Labute approximate surface area is 169 Å². The van der Waals surface area contributed by atoms with Gasteiger partial charge in [0, 0.05) is 18.7 Å². The Morgan fingerprint density at radius 2 is 1.45 bits per heavy atom. The fourth-order valence-electron chi connectivity index (χ4n) is 3.93. The lowest BCUT2D eigenvalue weighted by molar-refractivity contribution is 0.250. The van der Waals surface area contributed by atoms with Crippen LogP contribution >= 0.6 is 0 Å². The molecule has 29 heavy (non-hydrogen) atoms. The molecule has 5 heteroatoms. The van der Waals surface area contributed by atoms with Crippen molar-refractivity contribution >= 4 is 11.8 Å². The molecule has 5 nitrogen and oxygen atoms in total. The maximum atomic E-state index is 12.8. The van der Waals surface area contributed by atoms with Crippen LogP contribution < -0.4 is 10.6 Å². The summed E-state index contributed by atoms with van der Waals surface area (Å²) in [5.41, 5.74) is 6.38. The number of aryl methyl sites for hydroxylation is 1. The Bertz CT molecular complexity index is 1150. The fourth-order valence-corrected chi connectivity index (χ4v) is 3.93. The minimum atomic E-state index is -0.260. The second kappa shape index (κ2) is 6.95. The minimum Gasteiger partial charge on any atom is -0.327 e. The number of amides is 2. The van der Waals surface area contributed by atoms with Crippen LogP contribution in [0.25, 0.3) is 22.4 Å². The van der Waals surface area contributed by atoms with Crippen LogP contribution in [0.1, 0.15) is 17.2 Å². The average Bonchev–Trinajstić information content (AvgIpc) is 3.27. The normalized spacial score (nSPS) is 12.3. The van der Waals surface area contributed by atoms with Gasteiger partial charge < -0.3 is 5.32 Å². The van der Waals surface area contributed by atoms with Crippen LogP contribution in [0, 0.1) is 0 Å². The molecule has 5 rings (SSSR count). The summed E-state index contributed by atoms with van der Waals surface area (Å²) in [6.07, 6.45) is 0. The Morgan fingerprint density at radius 1 is 0.862 bits per heavy atom. The highest BCUT2D eigenvalue weighted by molar-refractivity contribution is 5.91. The highest BCUT2D eigenvalue weighted by Gasteiger charge is 2.29. The molecule has 0 radical (unpaired) electrons. The number of carbonyl (C=O) groups is 1. The molecule has 0 unspecified atom stereocenters. The lowest BCUT2D eigenvalue weighted by atomic mass is 10.1. The standard InChI is InChI=1S/C24H20N4O/c1-28-22(15-21(27-28)16-9-3-2-4-10-16)25-24(29)26-23-19-13-7-5-11-17(19)18-12-6-8-14-20(18)23/h2-15,23H,1H3,(H2,25,26,29). The highest BCUT2D eigenvalue weighted by Crippen LogP contribution is 2.43. The first-order chi connectivity index (χ1) is 14.2. The van der Waals surface area contributed by atoms with Crippen LogP contribution in [0.5, 0.6) is 0 Å². The van der Waals surface area contributed by atoms with Gasteiger partial charge in [-0.05, 0) is 22.3 Å². The number of aromatic nitrogens is 2. The number of nitrogens with zero attached hydrogens (tertiary/aromatic N) is 2. The predicted molar refractivity (Wildman–Crippen MR) is 115 cm³/mol. The van der Waals surface area contributed by atoms with Crippen LogP contribution in [-0.2, 0) is 7.05 Å². The van der Waals surface area contributed by atoms with Gasteiger partial charge in [0.1, 0.15) is 5.82 Å². The number of fused-ring (bicyclic) bond motifs is 3. The molecule has 0 saturated heterocycles. The largest absolute Gasteiger partial charge is 0.327 e. The molecule has 1 aromatic heterocycles. The van der Waals surface area contributed by atoms with Crippen LogP contribution in [0.15, 0.2) is 84.9 Å². The number of rotatable bonds is 3. The first-order valence-corrected chi connectivity index (χ1v) is 9.56. The monoisotopic (exact) mass is 380 g/mol. The third-order valence-electron chi connectivity index (χ3n) is 5.30.